The number of benzene rings is 1. The van der Waals surface area contributed by atoms with Crippen molar-refractivity contribution in [3.63, 3.8) is 0 Å². The molecule has 1 aromatic heterocycles. The summed E-state index contributed by atoms with van der Waals surface area (Å²) in [7, 11) is 0. The Hall–Kier alpha value is -0.780. The lowest BCUT2D eigenvalue weighted by Gasteiger charge is -2.13. The zero-order chi connectivity index (χ0) is 13.1. The Kier molecular flexibility index (Phi) is 4.48. The number of rotatable bonds is 3. The monoisotopic (exact) mass is 372 g/mol. The average molecular weight is 374 g/mol. The predicted octanol–water partition coefficient (Wildman–Crippen LogP) is 3.99. The predicted molar refractivity (Wildman–Crippen MR) is 76.7 cm³/mol. The molecule has 94 valence electrons. The fourth-order valence-corrected chi connectivity index (χ4v) is 2.81. The molecule has 2 nitrogen and oxygen atoms in total. The van der Waals surface area contributed by atoms with Gasteiger partial charge in [-0.25, -0.2) is 4.39 Å². The van der Waals surface area contributed by atoms with E-state index in [0.717, 1.165) is 15.7 Å². The number of nitrogens with zero attached hydrogens (tertiary/aromatic N) is 1. The molecular formula is C13H11Br2FN2. The highest BCUT2D eigenvalue weighted by Crippen LogP contribution is 2.23. The third-order valence-corrected chi connectivity index (χ3v) is 3.64. The van der Waals surface area contributed by atoms with Crippen LogP contribution in [0.25, 0.3) is 0 Å². The lowest BCUT2D eigenvalue weighted by Crippen LogP contribution is -2.15. The standard InChI is InChI=1S/C13H11Br2FN2/c14-9-4-8(5-10(16)7-9)6-12(17)13-11(15)2-1-3-18-13/h1-5,7,12H,6,17H2. The molecule has 0 radical (unpaired) electrons. The molecule has 0 aliphatic rings. The van der Waals surface area contributed by atoms with Crippen molar-refractivity contribution in [3.05, 3.63) is 62.5 Å². The van der Waals surface area contributed by atoms with Gasteiger partial charge < -0.3 is 5.73 Å². The number of halogens is 3. The van der Waals surface area contributed by atoms with Gasteiger partial charge in [0.15, 0.2) is 0 Å². The Bertz CT molecular complexity index is 540. The van der Waals surface area contributed by atoms with Crippen molar-refractivity contribution >= 4 is 31.9 Å². The molecule has 18 heavy (non-hydrogen) atoms. The molecule has 1 aromatic carbocycles. The van der Waals surface area contributed by atoms with Crippen molar-refractivity contribution in [2.45, 2.75) is 12.5 Å². The first-order chi connectivity index (χ1) is 8.56. The van der Waals surface area contributed by atoms with Crippen LogP contribution in [0.4, 0.5) is 4.39 Å². The minimum atomic E-state index is -0.272. The van der Waals surface area contributed by atoms with Gasteiger partial charge in [-0.3, -0.25) is 4.98 Å². The molecule has 0 amide bonds. The van der Waals surface area contributed by atoms with Crippen molar-refractivity contribution in [3.8, 4) is 0 Å². The van der Waals surface area contributed by atoms with Crippen LogP contribution >= 0.6 is 31.9 Å². The second kappa shape index (κ2) is 5.91. The van der Waals surface area contributed by atoms with Crippen LogP contribution in [0, 0.1) is 5.82 Å². The van der Waals surface area contributed by atoms with E-state index < -0.39 is 0 Å². The van der Waals surface area contributed by atoms with Gasteiger partial charge in [0, 0.05) is 15.1 Å². The minimum absolute atomic E-state index is 0.269. The van der Waals surface area contributed by atoms with Gasteiger partial charge in [-0.15, -0.1) is 0 Å². The van der Waals surface area contributed by atoms with E-state index in [-0.39, 0.29) is 11.9 Å². The van der Waals surface area contributed by atoms with Gasteiger partial charge in [0.05, 0.1) is 11.7 Å². The molecule has 0 aliphatic heterocycles. The first kappa shape index (κ1) is 13.6. The van der Waals surface area contributed by atoms with E-state index in [1.54, 1.807) is 6.20 Å². The quantitative estimate of drug-likeness (QED) is 0.883. The molecular weight excluding hydrogens is 363 g/mol. The van der Waals surface area contributed by atoms with Gasteiger partial charge in [-0.05, 0) is 58.2 Å². The Morgan fingerprint density at radius 2 is 2.06 bits per heavy atom. The van der Waals surface area contributed by atoms with Crippen LogP contribution in [0.15, 0.2) is 45.5 Å². The smallest absolute Gasteiger partial charge is 0.124 e. The van der Waals surface area contributed by atoms with Crippen molar-refractivity contribution in [1.29, 1.82) is 0 Å². The van der Waals surface area contributed by atoms with Gasteiger partial charge in [-0.1, -0.05) is 15.9 Å². The Morgan fingerprint density at radius 1 is 1.28 bits per heavy atom. The normalized spacial score (nSPS) is 12.4. The summed E-state index contributed by atoms with van der Waals surface area (Å²) in [5, 5.41) is 0. The average Bonchev–Trinajstić information content (AvgIpc) is 2.27. The highest BCUT2D eigenvalue weighted by atomic mass is 79.9. The van der Waals surface area contributed by atoms with E-state index in [1.807, 2.05) is 18.2 Å². The van der Waals surface area contributed by atoms with Crippen LogP contribution < -0.4 is 5.73 Å². The SMILES string of the molecule is NC(Cc1cc(F)cc(Br)c1)c1ncccc1Br. The van der Waals surface area contributed by atoms with Crippen LogP contribution in [-0.2, 0) is 6.42 Å². The van der Waals surface area contributed by atoms with E-state index in [4.69, 9.17) is 5.73 Å². The Labute approximate surface area is 122 Å². The van der Waals surface area contributed by atoms with Crippen LogP contribution in [0.1, 0.15) is 17.3 Å². The van der Waals surface area contributed by atoms with Gasteiger partial charge in [0.2, 0.25) is 0 Å². The van der Waals surface area contributed by atoms with Gasteiger partial charge in [-0.2, -0.15) is 0 Å². The van der Waals surface area contributed by atoms with E-state index in [1.165, 1.54) is 12.1 Å². The van der Waals surface area contributed by atoms with Gasteiger partial charge >= 0.3 is 0 Å². The number of hydrogen-bond donors (Lipinski definition) is 1. The summed E-state index contributed by atoms with van der Waals surface area (Å²) in [4.78, 5) is 4.24. The molecule has 0 bridgehead atoms. The summed E-state index contributed by atoms with van der Waals surface area (Å²) in [5.41, 5.74) is 7.71. The summed E-state index contributed by atoms with van der Waals surface area (Å²) in [6, 6.07) is 8.23. The molecule has 0 saturated carbocycles. The summed E-state index contributed by atoms with van der Waals surface area (Å²) in [6.45, 7) is 0. The number of nitrogens with two attached hydrogens (primary N) is 1. The second-order valence-corrected chi connectivity index (χ2v) is 5.73. The number of aromatic nitrogens is 1. The second-order valence-electron chi connectivity index (χ2n) is 3.96. The summed E-state index contributed by atoms with van der Waals surface area (Å²) in [5.74, 6) is -0.272. The van der Waals surface area contributed by atoms with Crippen LogP contribution in [0.3, 0.4) is 0 Å². The molecule has 5 heteroatoms. The lowest BCUT2D eigenvalue weighted by molar-refractivity contribution is 0.619. The molecule has 0 spiro atoms. The van der Waals surface area contributed by atoms with E-state index >= 15 is 0 Å². The summed E-state index contributed by atoms with van der Waals surface area (Å²) in [6.07, 6.45) is 2.23. The zero-order valence-corrected chi connectivity index (χ0v) is 12.6. The number of pyridine rings is 1. The van der Waals surface area contributed by atoms with Crippen LogP contribution in [0.5, 0.6) is 0 Å². The molecule has 1 unspecified atom stereocenters. The third-order valence-electron chi connectivity index (χ3n) is 2.52. The molecule has 0 fully saturated rings. The number of hydrogen-bond acceptors (Lipinski definition) is 2. The fourth-order valence-electron chi connectivity index (χ4n) is 1.75. The van der Waals surface area contributed by atoms with Crippen molar-refractivity contribution in [2.75, 3.05) is 0 Å². The first-order valence-electron chi connectivity index (χ1n) is 5.37. The Morgan fingerprint density at radius 3 is 2.72 bits per heavy atom. The molecule has 2 aromatic rings. The largest absolute Gasteiger partial charge is 0.322 e. The van der Waals surface area contributed by atoms with Gasteiger partial charge in [0.25, 0.3) is 0 Å². The maximum atomic E-state index is 13.3. The highest BCUT2D eigenvalue weighted by molar-refractivity contribution is 9.10. The fraction of sp³-hybridized carbons (Fsp3) is 0.154. The van der Waals surface area contributed by atoms with Crippen molar-refractivity contribution in [2.24, 2.45) is 5.73 Å². The van der Waals surface area contributed by atoms with Crippen molar-refractivity contribution < 1.29 is 4.39 Å². The third kappa shape index (κ3) is 3.37. The lowest BCUT2D eigenvalue weighted by atomic mass is 10.0. The minimum Gasteiger partial charge on any atom is -0.322 e. The molecule has 2 N–H and O–H groups in total. The zero-order valence-electron chi connectivity index (χ0n) is 9.41. The Balaban J connectivity index is 2.21. The highest BCUT2D eigenvalue weighted by Gasteiger charge is 2.12. The van der Waals surface area contributed by atoms with E-state index in [0.29, 0.717) is 10.9 Å². The summed E-state index contributed by atoms with van der Waals surface area (Å²) >= 11 is 6.68. The van der Waals surface area contributed by atoms with Crippen LogP contribution in [-0.4, -0.2) is 4.98 Å². The first-order valence-corrected chi connectivity index (χ1v) is 6.96. The maximum absolute atomic E-state index is 13.3. The molecule has 1 heterocycles. The summed E-state index contributed by atoms with van der Waals surface area (Å²) < 4.78 is 14.8. The van der Waals surface area contributed by atoms with Crippen LogP contribution in [0.2, 0.25) is 0 Å². The van der Waals surface area contributed by atoms with Crippen molar-refractivity contribution in [1.82, 2.24) is 4.98 Å². The molecule has 2 rings (SSSR count). The maximum Gasteiger partial charge on any atom is 0.124 e. The molecule has 1 atom stereocenters. The van der Waals surface area contributed by atoms with Gasteiger partial charge in [0.1, 0.15) is 5.82 Å². The van der Waals surface area contributed by atoms with E-state index in [9.17, 15) is 4.39 Å². The molecule has 0 aliphatic carbocycles. The topological polar surface area (TPSA) is 38.9 Å². The van der Waals surface area contributed by atoms with E-state index in [2.05, 4.69) is 36.8 Å². The molecule has 0 saturated heterocycles.